The molecule has 0 radical (unpaired) electrons. The number of hydrogen-bond donors (Lipinski definition) is 2. The maximum atomic E-state index is 13.3. The molecule has 1 aromatic carbocycles. The number of aliphatic hydroxyl groups is 1. The van der Waals surface area contributed by atoms with Gasteiger partial charge in [0.1, 0.15) is 11.7 Å². The molecule has 2 atom stereocenters. The lowest BCUT2D eigenvalue weighted by atomic mass is 9.72. The third-order valence-electron chi connectivity index (χ3n) is 5.62. The van der Waals surface area contributed by atoms with Crippen LogP contribution in [0.4, 0.5) is 4.39 Å². The van der Waals surface area contributed by atoms with Crippen molar-refractivity contribution in [2.24, 2.45) is 10.9 Å². The van der Waals surface area contributed by atoms with E-state index in [1.54, 1.807) is 12.1 Å². The standard InChI is InChI=1S/C20H28FN3O/c1-3-15-12-17(13-23-19(15)24-10-8-22-9-11-24)20(2,14-25)16-4-6-18(21)7-5-16/h4-7,13,15,22,25H,3,8-12,14H2,1-2H3. The van der Waals surface area contributed by atoms with Gasteiger partial charge in [-0.2, -0.15) is 0 Å². The monoisotopic (exact) mass is 345 g/mol. The van der Waals surface area contributed by atoms with Crippen LogP contribution in [0.3, 0.4) is 0 Å². The summed E-state index contributed by atoms with van der Waals surface area (Å²) in [6.45, 7) is 8.18. The van der Waals surface area contributed by atoms with Crippen LogP contribution in [0.15, 0.2) is 41.0 Å². The van der Waals surface area contributed by atoms with Gasteiger partial charge in [0.25, 0.3) is 0 Å². The Balaban J connectivity index is 1.91. The van der Waals surface area contributed by atoms with E-state index in [1.165, 1.54) is 18.0 Å². The summed E-state index contributed by atoms with van der Waals surface area (Å²) in [4.78, 5) is 7.19. The molecular weight excluding hydrogens is 317 g/mol. The summed E-state index contributed by atoms with van der Waals surface area (Å²) >= 11 is 0. The molecule has 136 valence electrons. The topological polar surface area (TPSA) is 47.9 Å². The molecule has 0 saturated carbocycles. The number of aliphatic imine (C=N–C) groups is 1. The van der Waals surface area contributed by atoms with Crippen LogP contribution in [-0.2, 0) is 5.41 Å². The number of aliphatic hydroxyl groups excluding tert-OH is 1. The van der Waals surface area contributed by atoms with Crippen molar-refractivity contribution in [3.05, 3.63) is 47.4 Å². The third kappa shape index (κ3) is 3.62. The van der Waals surface area contributed by atoms with Crippen LogP contribution in [0.5, 0.6) is 0 Å². The van der Waals surface area contributed by atoms with Crippen molar-refractivity contribution in [1.29, 1.82) is 0 Å². The summed E-state index contributed by atoms with van der Waals surface area (Å²) in [6.07, 6.45) is 3.84. The van der Waals surface area contributed by atoms with Gasteiger partial charge in [-0.1, -0.05) is 19.1 Å². The van der Waals surface area contributed by atoms with E-state index in [1.807, 2.05) is 13.1 Å². The first-order chi connectivity index (χ1) is 12.1. The second-order valence-electron chi connectivity index (χ2n) is 7.19. The van der Waals surface area contributed by atoms with Crippen molar-refractivity contribution < 1.29 is 9.50 Å². The van der Waals surface area contributed by atoms with E-state index >= 15 is 0 Å². The third-order valence-corrected chi connectivity index (χ3v) is 5.62. The fourth-order valence-electron chi connectivity index (χ4n) is 3.78. The van der Waals surface area contributed by atoms with Crippen molar-refractivity contribution in [1.82, 2.24) is 10.2 Å². The van der Waals surface area contributed by atoms with Crippen LogP contribution in [-0.4, -0.2) is 48.6 Å². The maximum Gasteiger partial charge on any atom is 0.123 e. The zero-order valence-electron chi connectivity index (χ0n) is 15.1. The van der Waals surface area contributed by atoms with E-state index < -0.39 is 5.41 Å². The van der Waals surface area contributed by atoms with Crippen LogP contribution in [0.2, 0.25) is 0 Å². The van der Waals surface area contributed by atoms with E-state index in [0.717, 1.165) is 50.2 Å². The van der Waals surface area contributed by atoms with Gasteiger partial charge in [0, 0.05) is 43.7 Å². The first kappa shape index (κ1) is 18.1. The molecule has 2 unspecified atom stereocenters. The van der Waals surface area contributed by atoms with Crippen LogP contribution >= 0.6 is 0 Å². The van der Waals surface area contributed by atoms with Crippen LogP contribution in [0, 0.1) is 11.7 Å². The minimum absolute atomic E-state index is 0.0145. The van der Waals surface area contributed by atoms with E-state index in [4.69, 9.17) is 4.99 Å². The molecule has 2 aliphatic heterocycles. The minimum atomic E-state index is -0.528. The quantitative estimate of drug-likeness (QED) is 0.882. The second-order valence-corrected chi connectivity index (χ2v) is 7.19. The van der Waals surface area contributed by atoms with E-state index in [9.17, 15) is 9.50 Å². The molecule has 4 nitrogen and oxygen atoms in total. The zero-order chi connectivity index (χ0) is 17.9. The summed E-state index contributed by atoms with van der Waals surface area (Å²) in [6, 6.07) is 6.45. The average Bonchev–Trinajstić information content (AvgIpc) is 2.68. The van der Waals surface area contributed by atoms with E-state index in [0.29, 0.717) is 5.92 Å². The summed E-state index contributed by atoms with van der Waals surface area (Å²) in [5.74, 6) is 1.28. The summed E-state index contributed by atoms with van der Waals surface area (Å²) in [7, 11) is 0. The highest BCUT2D eigenvalue weighted by molar-refractivity contribution is 5.86. The Hall–Kier alpha value is -1.72. The molecule has 3 rings (SSSR count). The Morgan fingerprint density at radius 1 is 1.28 bits per heavy atom. The van der Waals surface area contributed by atoms with E-state index in [-0.39, 0.29) is 12.4 Å². The Bertz CT molecular complexity index is 649. The summed E-state index contributed by atoms with van der Waals surface area (Å²) < 4.78 is 13.3. The Kier molecular flexibility index (Phi) is 5.54. The molecule has 1 saturated heterocycles. The molecule has 0 bridgehead atoms. The van der Waals surface area contributed by atoms with Crippen LogP contribution in [0.1, 0.15) is 32.3 Å². The lowest BCUT2D eigenvalue weighted by molar-refractivity contribution is 0.222. The summed E-state index contributed by atoms with van der Waals surface area (Å²) in [5, 5.41) is 13.5. The number of benzene rings is 1. The van der Waals surface area contributed by atoms with Crippen LogP contribution < -0.4 is 5.32 Å². The van der Waals surface area contributed by atoms with Gasteiger partial charge < -0.3 is 15.3 Å². The number of hydrogen-bond acceptors (Lipinski definition) is 4. The largest absolute Gasteiger partial charge is 0.395 e. The van der Waals surface area contributed by atoms with Gasteiger partial charge in [-0.25, -0.2) is 9.38 Å². The maximum absolute atomic E-state index is 13.3. The van der Waals surface area contributed by atoms with Crippen molar-refractivity contribution in [2.75, 3.05) is 32.8 Å². The highest BCUT2D eigenvalue weighted by atomic mass is 19.1. The molecule has 0 aliphatic carbocycles. The Morgan fingerprint density at radius 3 is 2.56 bits per heavy atom. The minimum Gasteiger partial charge on any atom is -0.395 e. The molecule has 2 heterocycles. The molecule has 0 aromatic heterocycles. The average molecular weight is 345 g/mol. The number of halogens is 1. The first-order valence-corrected chi connectivity index (χ1v) is 9.18. The van der Waals surface area contributed by atoms with Crippen LogP contribution in [0.25, 0.3) is 0 Å². The highest BCUT2D eigenvalue weighted by Crippen LogP contribution is 2.38. The van der Waals surface area contributed by atoms with Crippen molar-refractivity contribution >= 4 is 5.84 Å². The van der Waals surface area contributed by atoms with Crippen molar-refractivity contribution in [3.63, 3.8) is 0 Å². The molecule has 0 amide bonds. The van der Waals surface area contributed by atoms with Gasteiger partial charge in [-0.15, -0.1) is 0 Å². The molecule has 5 heteroatoms. The van der Waals surface area contributed by atoms with Gasteiger partial charge in [-0.3, -0.25) is 0 Å². The number of nitrogens with one attached hydrogen (secondary N) is 1. The molecule has 1 aromatic rings. The van der Waals surface area contributed by atoms with Crippen molar-refractivity contribution in [2.45, 2.75) is 32.1 Å². The molecule has 0 spiro atoms. The van der Waals surface area contributed by atoms with Gasteiger partial charge in [0.15, 0.2) is 0 Å². The SMILES string of the molecule is CCC1CC(C(C)(CO)c2ccc(F)cc2)=CN=C1N1CCNCC1. The molecule has 2 aliphatic rings. The smallest absolute Gasteiger partial charge is 0.123 e. The molecular formula is C20H28FN3O. The fraction of sp³-hybridized carbons (Fsp3) is 0.550. The molecule has 2 N–H and O–H groups in total. The van der Waals surface area contributed by atoms with Gasteiger partial charge >= 0.3 is 0 Å². The number of nitrogens with zero attached hydrogens (tertiary/aromatic N) is 2. The predicted octanol–water partition coefficient (Wildman–Crippen LogP) is 2.69. The Labute approximate surface area is 149 Å². The normalized spacial score (nSPS) is 23.7. The van der Waals surface area contributed by atoms with Gasteiger partial charge in [-0.05, 0) is 43.0 Å². The zero-order valence-corrected chi connectivity index (χ0v) is 15.1. The highest BCUT2D eigenvalue weighted by Gasteiger charge is 2.35. The van der Waals surface area contributed by atoms with Gasteiger partial charge in [0.05, 0.1) is 6.61 Å². The lowest BCUT2D eigenvalue weighted by Gasteiger charge is -2.39. The molecule has 25 heavy (non-hydrogen) atoms. The lowest BCUT2D eigenvalue weighted by Crippen LogP contribution is -2.49. The molecule has 1 fully saturated rings. The van der Waals surface area contributed by atoms with Crippen molar-refractivity contribution in [3.8, 4) is 0 Å². The van der Waals surface area contributed by atoms with Gasteiger partial charge in [0.2, 0.25) is 0 Å². The summed E-state index contributed by atoms with van der Waals surface area (Å²) in [5.41, 5.74) is 1.52. The Morgan fingerprint density at radius 2 is 1.96 bits per heavy atom. The number of amidine groups is 1. The van der Waals surface area contributed by atoms with E-state index in [2.05, 4.69) is 17.1 Å². The second kappa shape index (κ2) is 7.67. The number of piperazine rings is 1. The first-order valence-electron chi connectivity index (χ1n) is 9.18. The predicted molar refractivity (Wildman–Crippen MR) is 99.2 cm³/mol. The fourth-order valence-corrected chi connectivity index (χ4v) is 3.78. The number of rotatable bonds is 4.